The van der Waals surface area contributed by atoms with Crippen molar-refractivity contribution in [3.63, 3.8) is 0 Å². The summed E-state index contributed by atoms with van der Waals surface area (Å²) in [7, 11) is -4.29. The van der Waals surface area contributed by atoms with Crippen molar-refractivity contribution >= 4 is 33.3 Å². The Labute approximate surface area is 175 Å². The lowest BCUT2D eigenvalue weighted by Crippen LogP contribution is -2.32. The van der Waals surface area contributed by atoms with Crippen molar-refractivity contribution in [2.24, 2.45) is 0 Å². The summed E-state index contributed by atoms with van der Waals surface area (Å²) >= 11 is 0. The smallest absolute Gasteiger partial charge is 0.282 e. The molecule has 0 saturated heterocycles. The number of fused-ring (bicyclic) bond motifs is 2. The molecule has 2 amide bonds. The summed E-state index contributed by atoms with van der Waals surface area (Å²) < 4.78 is 34.6. The van der Waals surface area contributed by atoms with E-state index >= 15 is 0 Å². The monoisotopic (exact) mass is 427 g/mol. The van der Waals surface area contributed by atoms with Gasteiger partial charge in [0.1, 0.15) is 0 Å². The van der Waals surface area contributed by atoms with Gasteiger partial charge >= 0.3 is 0 Å². The van der Waals surface area contributed by atoms with Crippen LogP contribution in [0.15, 0.2) is 47.4 Å². The second-order valence-electron chi connectivity index (χ2n) is 8.18. The molecule has 2 heterocycles. The maximum Gasteiger partial charge on any atom is 0.294 e. The van der Waals surface area contributed by atoms with Crippen molar-refractivity contribution in [2.75, 3.05) is 13.1 Å². The molecule has 0 fully saturated rings. The molecule has 0 bridgehead atoms. The molecule has 2 aliphatic heterocycles. The Kier molecular flexibility index (Phi) is 4.67. The fourth-order valence-corrected chi connectivity index (χ4v) is 4.75. The SMILES string of the molecule is CC1=[N+](CCCN2C(=O)c3ccccc3C2=O)c2ccc(S(=O)(=O)O)cc2C1(C)C. The van der Waals surface area contributed by atoms with E-state index in [-0.39, 0.29) is 16.7 Å². The van der Waals surface area contributed by atoms with Crippen LogP contribution in [0.1, 0.15) is 53.5 Å². The first-order chi connectivity index (χ1) is 14.0. The van der Waals surface area contributed by atoms with Gasteiger partial charge in [-0.2, -0.15) is 13.0 Å². The zero-order chi connectivity index (χ0) is 21.8. The van der Waals surface area contributed by atoms with E-state index in [2.05, 4.69) is 4.58 Å². The van der Waals surface area contributed by atoms with E-state index in [1.54, 1.807) is 30.3 Å². The van der Waals surface area contributed by atoms with Crippen molar-refractivity contribution in [1.82, 2.24) is 4.90 Å². The van der Waals surface area contributed by atoms with E-state index < -0.39 is 15.5 Å². The average molecular weight is 428 g/mol. The molecule has 1 N–H and O–H groups in total. The Morgan fingerprint density at radius 2 is 1.63 bits per heavy atom. The van der Waals surface area contributed by atoms with E-state index in [1.165, 1.54) is 17.0 Å². The molecule has 0 saturated carbocycles. The van der Waals surface area contributed by atoms with Gasteiger partial charge in [-0.15, -0.1) is 0 Å². The number of carbonyl (C=O) groups excluding carboxylic acids is 2. The largest absolute Gasteiger partial charge is 0.294 e. The second kappa shape index (κ2) is 6.85. The molecule has 0 unspecified atom stereocenters. The van der Waals surface area contributed by atoms with E-state index in [0.717, 1.165) is 17.0 Å². The van der Waals surface area contributed by atoms with Crippen LogP contribution >= 0.6 is 0 Å². The van der Waals surface area contributed by atoms with Crippen molar-refractivity contribution in [3.05, 3.63) is 59.2 Å². The third-order valence-electron chi connectivity index (χ3n) is 6.18. The zero-order valence-electron chi connectivity index (χ0n) is 17.0. The van der Waals surface area contributed by atoms with Crippen molar-refractivity contribution in [3.8, 4) is 0 Å². The van der Waals surface area contributed by atoms with Gasteiger partial charge in [-0.3, -0.25) is 19.0 Å². The summed E-state index contributed by atoms with van der Waals surface area (Å²) in [5, 5.41) is 0. The number of carbonyl (C=O) groups is 2. The van der Waals surface area contributed by atoms with Crippen LogP contribution in [0.3, 0.4) is 0 Å². The van der Waals surface area contributed by atoms with Gasteiger partial charge in [0.2, 0.25) is 5.69 Å². The summed E-state index contributed by atoms with van der Waals surface area (Å²) in [4.78, 5) is 26.2. The van der Waals surface area contributed by atoms with Gasteiger partial charge in [0, 0.05) is 31.5 Å². The minimum Gasteiger partial charge on any atom is -0.282 e. The van der Waals surface area contributed by atoms with Crippen LogP contribution in [0.4, 0.5) is 5.69 Å². The highest BCUT2D eigenvalue weighted by molar-refractivity contribution is 7.85. The van der Waals surface area contributed by atoms with Crippen LogP contribution in [0, 0.1) is 0 Å². The minimum atomic E-state index is -4.29. The van der Waals surface area contributed by atoms with Gasteiger partial charge < -0.3 is 0 Å². The number of hydrogen-bond acceptors (Lipinski definition) is 4. The molecule has 4 rings (SSSR count). The lowest BCUT2D eigenvalue weighted by atomic mass is 9.82. The normalized spacial score (nSPS) is 17.5. The highest BCUT2D eigenvalue weighted by Crippen LogP contribution is 2.40. The fourth-order valence-electron chi connectivity index (χ4n) is 4.24. The number of imide groups is 1. The maximum atomic E-state index is 12.5. The lowest BCUT2D eigenvalue weighted by Gasteiger charge is -2.15. The van der Waals surface area contributed by atoms with Crippen molar-refractivity contribution in [2.45, 2.75) is 37.5 Å². The summed E-state index contributed by atoms with van der Waals surface area (Å²) in [5.41, 5.74) is 3.19. The molecule has 0 spiro atoms. The van der Waals surface area contributed by atoms with E-state index in [9.17, 15) is 22.6 Å². The molecule has 0 atom stereocenters. The van der Waals surface area contributed by atoms with Gasteiger partial charge in [0.25, 0.3) is 21.9 Å². The fraction of sp³-hybridized carbons (Fsp3) is 0.318. The molecule has 0 radical (unpaired) electrons. The summed E-state index contributed by atoms with van der Waals surface area (Å²) in [6.07, 6.45) is 0.568. The zero-order valence-corrected chi connectivity index (χ0v) is 17.9. The number of amides is 2. The van der Waals surface area contributed by atoms with Gasteiger partial charge in [0.15, 0.2) is 12.3 Å². The standard InChI is InChI=1S/C22H22N2O5S/c1-14-22(2,3)18-13-15(30(27,28)29)9-10-19(18)23(14)11-6-12-24-20(25)16-7-4-5-8-17(16)21(24)26/h4-5,7-10,13H,6,11-12H2,1-3H3/p+1. The highest BCUT2D eigenvalue weighted by Gasteiger charge is 2.43. The first-order valence-electron chi connectivity index (χ1n) is 9.72. The Hall–Kier alpha value is -2.84. The molecular formula is C22H23N2O5S+. The predicted molar refractivity (Wildman–Crippen MR) is 111 cm³/mol. The van der Waals surface area contributed by atoms with Crippen LogP contribution in [-0.2, 0) is 15.5 Å². The Morgan fingerprint density at radius 1 is 1.03 bits per heavy atom. The molecule has 2 aromatic rings. The van der Waals surface area contributed by atoms with Crippen LogP contribution in [0.5, 0.6) is 0 Å². The molecule has 156 valence electrons. The number of rotatable bonds is 5. The van der Waals surface area contributed by atoms with Gasteiger partial charge in [-0.1, -0.05) is 12.1 Å². The first-order valence-corrected chi connectivity index (χ1v) is 11.2. The summed E-state index contributed by atoms with van der Waals surface area (Å²) in [6.45, 7) is 6.85. The third-order valence-corrected chi connectivity index (χ3v) is 7.03. The van der Waals surface area contributed by atoms with Gasteiger partial charge in [-0.05, 0) is 38.1 Å². The van der Waals surface area contributed by atoms with E-state index in [0.29, 0.717) is 30.6 Å². The molecule has 7 nitrogen and oxygen atoms in total. The topological polar surface area (TPSA) is 94.8 Å². The van der Waals surface area contributed by atoms with E-state index in [1.807, 2.05) is 20.8 Å². The molecule has 0 aliphatic carbocycles. The average Bonchev–Trinajstić information content (AvgIpc) is 3.05. The van der Waals surface area contributed by atoms with Crippen LogP contribution < -0.4 is 0 Å². The van der Waals surface area contributed by atoms with Crippen LogP contribution in [0.25, 0.3) is 0 Å². The Morgan fingerprint density at radius 3 is 2.20 bits per heavy atom. The third kappa shape index (κ3) is 3.07. The molecule has 2 aromatic carbocycles. The van der Waals surface area contributed by atoms with Crippen LogP contribution in [0.2, 0.25) is 0 Å². The van der Waals surface area contributed by atoms with Gasteiger partial charge in [0.05, 0.1) is 21.4 Å². The summed E-state index contributed by atoms with van der Waals surface area (Å²) in [5.74, 6) is -0.535. The van der Waals surface area contributed by atoms with Crippen molar-refractivity contribution in [1.29, 1.82) is 0 Å². The minimum absolute atomic E-state index is 0.130. The Bertz CT molecular complexity index is 1190. The maximum absolute atomic E-state index is 12.5. The molecule has 8 heteroatoms. The molecule has 2 aliphatic rings. The van der Waals surface area contributed by atoms with Gasteiger partial charge in [-0.25, -0.2) is 0 Å². The molecule has 30 heavy (non-hydrogen) atoms. The highest BCUT2D eigenvalue weighted by atomic mass is 32.2. The molecule has 0 aromatic heterocycles. The lowest BCUT2D eigenvalue weighted by molar-refractivity contribution is -0.439. The Balaban J connectivity index is 1.55. The van der Waals surface area contributed by atoms with Crippen molar-refractivity contribution < 1.29 is 27.1 Å². The number of benzene rings is 2. The molecular weight excluding hydrogens is 404 g/mol. The number of nitrogens with zero attached hydrogens (tertiary/aromatic N) is 2. The van der Waals surface area contributed by atoms with E-state index in [4.69, 9.17) is 0 Å². The van der Waals surface area contributed by atoms with Crippen LogP contribution in [-0.4, -0.2) is 53.1 Å². The summed E-state index contributed by atoms with van der Waals surface area (Å²) in [6, 6.07) is 11.4. The first kappa shape index (κ1) is 20.4. The predicted octanol–water partition coefficient (Wildman–Crippen LogP) is 3.02. The second-order valence-corrected chi connectivity index (χ2v) is 9.60. The number of hydrogen-bond donors (Lipinski definition) is 1. The quantitative estimate of drug-likeness (QED) is 0.450.